The molecular formula is C26H27FN2O3. The average molecular weight is 435 g/mol. The molecule has 0 aromatic heterocycles. The normalized spacial score (nSPS) is 13.2. The Labute approximate surface area is 187 Å². The summed E-state index contributed by atoms with van der Waals surface area (Å²) in [6.45, 7) is 1.08. The number of carbonyl (C=O) groups is 1. The summed E-state index contributed by atoms with van der Waals surface area (Å²) in [5.41, 5.74) is 10.00. The number of benzene rings is 3. The van der Waals surface area contributed by atoms with Crippen LogP contribution in [0.1, 0.15) is 35.1 Å². The number of aliphatic carboxylic acids is 1. The summed E-state index contributed by atoms with van der Waals surface area (Å²) in [7, 11) is 0. The Bertz CT molecular complexity index is 1110. The standard InChI is InChI=1S/C26H27FN2O3/c27-26-20(14-28)5-3-6-23(26)21-11-17(15-29-22-8-9-22)10-18(12-21)16-32-24-7-2-1-4-19(24)13-25(30)31/h1-7,10-12,22,29H,8-9,13-16,28H2,(H,30,31). The van der Waals surface area contributed by atoms with Gasteiger partial charge in [-0.05, 0) is 47.7 Å². The van der Waals surface area contributed by atoms with E-state index in [0.717, 1.165) is 16.7 Å². The molecule has 4 rings (SSSR count). The first-order chi connectivity index (χ1) is 15.5. The molecule has 1 aliphatic carbocycles. The third-order valence-corrected chi connectivity index (χ3v) is 5.54. The van der Waals surface area contributed by atoms with Gasteiger partial charge in [-0.3, -0.25) is 4.79 Å². The monoisotopic (exact) mass is 434 g/mol. The number of carboxylic acid groups (broad SMARTS) is 1. The van der Waals surface area contributed by atoms with Crippen molar-refractivity contribution in [1.82, 2.24) is 5.32 Å². The van der Waals surface area contributed by atoms with E-state index in [1.54, 1.807) is 30.3 Å². The summed E-state index contributed by atoms with van der Waals surface area (Å²) in [5.74, 6) is -0.679. The first kappa shape index (κ1) is 22.0. The quantitative estimate of drug-likeness (QED) is 0.440. The smallest absolute Gasteiger partial charge is 0.307 e. The molecule has 5 nitrogen and oxygen atoms in total. The van der Waals surface area contributed by atoms with Crippen LogP contribution < -0.4 is 15.8 Å². The molecule has 0 radical (unpaired) electrons. The highest BCUT2D eigenvalue weighted by atomic mass is 19.1. The third-order valence-electron chi connectivity index (χ3n) is 5.54. The Morgan fingerprint density at radius 3 is 2.56 bits per heavy atom. The maximum atomic E-state index is 15.0. The Balaban J connectivity index is 1.62. The van der Waals surface area contributed by atoms with Gasteiger partial charge in [0.2, 0.25) is 0 Å². The van der Waals surface area contributed by atoms with Crippen molar-refractivity contribution >= 4 is 5.97 Å². The van der Waals surface area contributed by atoms with Crippen LogP contribution in [0.3, 0.4) is 0 Å². The van der Waals surface area contributed by atoms with Gasteiger partial charge >= 0.3 is 5.97 Å². The lowest BCUT2D eigenvalue weighted by atomic mass is 9.97. The fourth-order valence-corrected chi connectivity index (χ4v) is 3.73. The van der Waals surface area contributed by atoms with Gasteiger partial charge in [-0.2, -0.15) is 0 Å². The Morgan fingerprint density at radius 1 is 1.06 bits per heavy atom. The molecule has 1 aliphatic rings. The number of nitrogens with two attached hydrogens (primary N) is 1. The van der Waals surface area contributed by atoms with E-state index in [1.807, 2.05) is 30.3 Å². The van der Waals surface area contributed by atoms with E-state index in [9.17, 15) is 9.18 Å². The van der Waals surface area contributed by atoms with Crippen LogP contribution in [0.4, 0.5) is 4.39 Å². The number of carboxylic acids is 1. The molecule has 0 unspecified atom stereocenters. The van der Waals surface area contributed by atoms with Gasteiger partial charge in [0.25, 0.3) is 0 Å². The molecule has 0 spiro atoms. The molecule has 0 amide bonds. The van der Waals surface area contributed by atoms with Crippen LogP contribution in [0.25, 0.3) is 11.1 Å². The van der Waals surface area contributed by atoms with Gasteiger partial charge < -0.3 is 20.9 Å². The third kappa shape index (κ3) is 5.52. The van der Waals surface area contributed by atoms with Crippen molar-refractivity contribution in [2.45, 2.75) is 45.0 Å². The SMILES string of the molecule is NCc1cccc(-c2cc(CNC3CC3)cc(COc3ccccc3CC(=O)O)c2)c1F. The Kier molecular flexibility index (Phi) is 6.83. The van der Waals surface area contributed by atoms with E-state index >= 15 is 0 Å². The van der Waals surface area contributed by atoms with Crippen LogP contribution in [0.5, 0.6) is 5.75 Å². The van der Waals surface area contributed by atoms with E-state index in [1.165, 1.54) is 12.8 Å². The Morgan fingerprint density at radius 2 is 1.81 bits per heavy atom. The highest BCUT2D eigenvalue weighted by Gasteiger charge is 2.20. The number of ether oxygens (including phenoxy) is 1. The average Bonchev–Trinajstić information content (AvgIpc) is 3.61. The molecule has 4 N–H and O–H groups in total. The molecule has 3 aromatic carbocycles. The number of nitrogens with one attached hydrogen (secondary N) is 1. The van der Waals surface area contributed by atoms with Crippen molar-refractivity contribution in [3.63, 3.8) is 0 Å². The maximum Gasteiger partial charge on any atom is 0.307 e. The van der Waals surface area contributed by atoms with Crippen LogP contribution >= 0.6 is 0 Å². The highest BCUT2D eigenvalue weighted by Crippen LogP contribution is 2.29. The van der Waals surface area contributed by atoms with Crippen molar-refractivity contribution < 1.29 is 19.0 Å². The predicted molar refractivity (Wildman–Crippen MR) is 122 cm³/mol. The second-order valence-corrected chi connectivity index (χ2v) is 8.14. The zero-order valence-electron chi connectivity index (χ0n) is 17.8. The summed E-state index contributed by atoms with van der Waals surface area (Å²) in [6.07, 6.45) is 2.26. The summed E-state index contributed by atoms with van der Waals surface area (Å²) >= 11 is 0. The molecule has 32 heavy (non-hydrogen) atoms. The molecule has 0 atom stereocenters. The second-order valence-electron chi connectivity index (χ2n) is 8.14. The first-order valence-electron chi connectivity index (χ1n) is 10.8. The molecular weight excluding hydrogens is 407 g/mol. The topological polar surface area (TPSA) is 84.6 Å². The van der Waals surface area contributed by atoms with E-state index in [2.05, 4.69) is 5.32 Å². The molecule has 1 saturated carbocycles. The fraction of sp³-hybridized carbons (Fsp3) is 0.269. The zero-order valence-corrected chi connectivity index (χ0v) is 17.8. The molecule has 1 fully saturated rings. The van der Waals surface area contributed by atoms with E-state index in [0.29, 0.717) is 35.0 Å². The van der Waals surface area contributed by atoms with Crippen molar-refractivity contribution in [2.75, 3.05) is 0 Å². The lowest BCUT2D eigenvalue weighted by molar-refractivity contribution is -0.136. The van der Waals surface area contributed by atoms with Crippen molar-refractivity contribution in [1.29, 1.82) is 0 Å². The molecule has 6 heteroatoms. The summed E-state index contributed by atoms with van der Waals surface area (Å²) in [5, 5.41) is 12.6. The molecule has 166 valence electrons. The van der Waals surface area contributed by atoms with Gasteiger partial charge in [0, 0.05) is 35.8 Å². The van der Waals surface area contributed by atoms with Crippen LogP contribution in [0.2, 0.25) is 0 Å². The molecule has 0 aliphatic heterocycles. The number of para-hydroxylation sites is 1. The van der Waals surface area contributed by atoms with Gasteiger partial charge in [-0.25, -0.2) is 4.39 Å². The van der Waals surface area contributed by atoms with Gasteiger partial charge in [-0.15, -0.1) is 0 Å². The number of halogens is 1. The summed E-state index contributed by atoms with van der Waals surface area (Å²) in [4.78, 5) is 11.2. The van der Waals surface area contributed by atoms with Gasteiger partial charge in [-0.1, -0.05) is 42.5 Å². The van der Waals surface area contributed by atoms with Crippen LogP contribution in [0.15, 0.2) is 60.7 Å². The predicted octanol–water partition coefficient (Wildman–Crippen LogP) is 4.41. The van der Waals surface area contributed by atoms with Crippen LogP contribution in [-0.2, 0) is 30.9 Å². The minimum atomic E-state index is -0.910. The van der Waals surface area contributed by atoms with Gasteiger partial charge in [0.05, 0.1) is 6.42 Å². The minimum Gasteiger partial charge on any atom is -0.489 e. The zero-order chi connectivity index (χ0) is 22.5. The molecule has 0 bridgehead atoms. The number of hydrogen-bond acceptors (Lipinski definition) is 4. The fourth-order valence-electron chi connectivity index (χ4n) is 3.73. The minimum absolute atomic E-state index is 0.107. The van der Waals surface area contributed by atoms with Crippen molar-refractivity contribution in [2.24, 2.45) is 5.73 Å². The van der Waals surface area contributed by atoms with Crippen LogP contribution in [0, 0.1) is 5.82 Å². The highest BCUT2D eigenvalue weighted by molar-refractivity contribution is 5.71. The van der Waals surface area contributed by atoms with Gasteiger partial charge in [0.15, 0.2) is 0 Å². The second kappa shape index (κ2) is 9.94. The van der Waals surface area contributed by atoms with E-state index < -0.39 is 5.97 Å². The lowest BCUT2D eigenvalue weighted by Crippen LogP contribution is -2.15. The summed E-state index contributed by atoms with van der Waals surface area (Å²) in [6, 6.07) is 18.9. The summed E-state index contributed by atoms with van der Waals surface area (Å²) < 4.78 is 21.0. The number of rotatable bonds is 10. The first-order valence-corrected chi connectivity index (χ1v) is 10.8. The van der Waals surface area contributed by atoms with E-state index in [-0.39, 0.29) is 25.4 Å². The van der Waals surface area contributed by atoms with Crippen molar-refractivity contribution in [3.05, 3.63) is 88.7 Å². The number of hydrogen-bond donors (Lipinski definition) is 3. The molecule has 0 saturated heterocycles. The van der Waals surface area contributed by atoms with Crippen LogP contribution in [-0.4, -0.2) is 17.1 Å². The largest absolute Gasteiger partial charge is 0.489 e. The van der Waals surface area contributed by atoms with Crippen molar-refractivity contribution in [3.8, 4) is 16.9 Å². The van der Waals surface area contributed by atoms with E-state index in [4.69, 9.17) is 15.6 Å². The Hall–Kier alpha value is -3.22. The van der Waals surface area contributed by atoms with Gasteiger partial charge in [0.1, 0.15) is 18.2 Å². The molecule has 0 heterocycles. The maximum absolute atomic E-state index is 15.0. The lowest BCUT2D eigenvalue weighted by Gasteiger charge is -2.14. The molecule has 3 aromatic rings.